The molecule has 2 aromatic heterocycles. The van der Waals surface area contributed by atoms with Crippen molar-refractivity contribution >= 4 is 10.0 Å². The van der Waals surface area contributed by atoms with Crippen LogP contribution in [0.5, 0.6) is 0 Å². The summed E-state index contributed by atoms with van der Waals surface area (Å²) in [4.78, 5) is 17.8. The van der Waals surface area contributed by atoms with Crippen LogP contribution in [0.25, 0.3) is 0 Å². The van der Waals surface area contributed by atoms with Crippen molar-refractivity contribution in [2.75, 3.05) is 7.05 Å². The van der Waals surface area contributed by atoms with Gasteiger partial charge in [0, 0.05) is 44.4 Å². The molecule has 7 heteroatoms. The highest BCUT2D eigenvalue weighted by Crippen LogP contribution is 2.12. The minimum Gasteiger partial charge on any atom is -0.366 e. The molecule has 0 atom stereocenters. The Hall–Kier alpha value is -1.99. The highest BCUT2D eigenvalue weighted by atomic mass is 32.2. The van der Waals surface area contributed by atoms with E-state index in [1.165, 1.54) is 25.5 Å². The van der Waals surface area contributed by atoms with Crippen LogP contribution in [-0.4, -0.2) is 29.7 Å². The molecule has 19 heavy (non-hydrogen) atoms. The average molecular weight is 279 g/mol. The van der Waals surface area contributed by atoms with Crippen LogP contribution >= 0.6 is 0 Å². The van der Waals surface area contributed by atoms with E-state index in [9.17, 15) is 13.2 Å². The topological polar surface area (TPSA) is 83.1 Å². The van der Waals surface area contributed by atoms with Crippen molar-refractivity contribution in [3.05, 3.63) is 58.8 Å². The van der Waals surface area contributed by atoms with Gasteiger partial charge in [-0.15, -0.1) is 0 Å². The number of nitrogens with one attached hydrogen (secondary N) is 1. The lowest BCUT2D eigenvalue weighted by Crippen LogP contribution is -2.30. The molecule has 2 heterocycles. The van der Waals surface area contributed by atoms with Gasteiger partial charge in [0.1, 0.15) is 4.90 Å². The van der Waals surface area contributed by atoms with Crippen LogP contribution in [0.2, 0.25) is 0 Å². The molecule has 0 saturated heterocycles. The number of H-pyrrole nitrogens is 1. The largest absolute Gasteiger partial charge is 0.366 e. The fraction of sp³-hybridized carbons (Fsp3) is 0.167. The molecule has 0 radical (unpaired) electrons. The van der Waals surface area contributed by atoms with Gasteiger partial charge in [-0.25, -0.2) is 8.42 Å². The summed E-state index contributed by atoms with van der Waals surface area (Å²) in [7, 11) is -2.37. The number of pyridine rings is 2. The van der Waals surface area contributed by atoms with E-state index in [2.05, 4.69) is 9.97 Å². The lowest BCUT2D eigenvalue weighted by Gasteiger charge is -2.16. The molecule has 2 rings (SSSR count). The maximum absolute atomic E-state index is 12.2. The molecule has 0 unspecified atom stereocenters. The van der Waals surface area contributed by atoms with Crippen LogP contribution in [0.3, 0.4) is 0 Å². The summed E-state index contributed by atoms with van der Waals surface area (Å²) in [6, 6.07) is 4.63. The Balaban J connectivity index is 2.31. The number of hydrogen-bond acceptors (Lipinski definition) is 4. The second kappa shape index (κ2) is 5.33. The van der Waals surface area contributed by atoms with Crippen molar-refractivity contribution in [3.8, 4) is 0 Å². The van der Waals surface area contributed by atoms with E-state index >= 15 is 0 Å². The van der Waals surface area contributed by atoms with Gasteiger partial charge in [0.25, 0.3) is 0 Å². The quantitative estimate of drug-likeness (QED) is 0.888. The summed E-state index contributed by atoms with van der Waals surface area (Å²) >= 11 is 0. The molecule has 0 bridgehead atoms. The molecule has 0 aliphatic carbocycles. The summed E-state index contributed by atoms with van der Waals surface area (Å²) in [6.45, 7) is 0.180. The molecule has 100 valence electrons. The van der Waals surface area contributed by atoms with Gasteiger partial charge >= 0.3 is 0 Å². The molecule has 0 saturated carbocycles. The lowest BCUT2D eigenvalue weighted by atomic mass is 10.3. The standard InChI is InChI=1S/C12H13N3O3S/c1-15(9-10-2-5-13-6-3-10)19(17,18)12-8-14-7-4-11(12)16/h2-8H,9H2,1H3,(H,14,16). The highest BCUT2D eigenvalue weighted by Gasteiger charge is 2.23. The number of nitrogens with zero attached hydrogens (tertiary/aromatic N) is 2. The van der Waals surface area contributed by atoms with Gasteiger partial charge in [-0.1, -0.05) is 0 Å². The lowest BCUT2D eigenvalue weighted by molar-refractivity contribution is 0.465. The third kappa shape index (κ3) is 2.88. The third-order valence-corrected chi connectivity index (χ3v) is 4.46. The van der Waals surface area contributed by atoms with E-state index < -0.39 is 15.5 Å². The van der Waals surface area contributed by atoms with E-state index in [4.69, 9.17) is 0 Å². The second-order valence-corrected chi connectivity index (χ2v) is 6.00. The number of aromatic nitrogens is 2. The predicted octanol–water partition coefficient (Wildman–Crippen LogP) is 0.591. The zero-order valence-electron chi connectivity index (χ0n) is 10.3. The van der Waals surface area contributed by atoms with Gasteiger partial charge in [-0.2, -0.15) is 4.31 Å². The Labute approximate surface area is 110 Å². The first kappa shape index (κ1) is 13.4. The molecule has 2 aromatic rings. The first-order valence-electron chi connectivity index (χ1n) is 5.54. The summed E-state index contributed by atoms with van der Waals surface area (Å²) in [6.07, 6.45) is 5.77. The van der Waals surface area contributed by atoms with Crippen molar-refractivity contribution in [2.45, 2.75) is 11.4 Å². The second-order valence-electron chi connectivity index (χ2n) is 3.99. The Morgan fingerprint density at radius 2 is 1.95 bits per heavy atom. The smallest absolute Gasteiger partial charge is 0.248 e. The minimum absolute atomic E-state index is 0.180. The fourth-order valence-electron chi connectivity index (χ4n) is 1.60. The summed E-state index contributed by atoms with van der Waals surface area (Å²) in [5, 5.41) is 0. The van der Waals surface area contributed by atoms with Crippen LogP contribution in [0.1, 0.15) is 5.56 Å². The number of hydrogen-bond donors (Lipinski definition) is 1. The maximum Gasteiger partial charge on any atom is 0.248 e. The van der Waals surface area contributed by atoms with Crippen LogP contribution < -0.4 is 5.43 Å². The molecular weight excluding hydrogens is 266 g/mol. The first-order valence-corrected chi connectivity index (χ1v) is 6.98. The molecule has 0 aromatic carbocycles. The molecule has 0 aliphatic heterocycles. The van der Waals surface area contributed by atoms with E-state index in [-0.39, 0.29) is 11.4 Å². The summed E-state index contributed by atoms with van der Waals surface area (Å²) in [5.74, 6) is 0. The highest BCUT2D eigenvalue weighted by molar-refractivity contribution is 7.89. The fourth-order valence-corrected chi connectivity index (χ4v) is 2.79. The molecule has 0 amide bonds. The zero-order chi connectivity index (χ0) is 13.9. The number of sulfonamides is 1. The van der Waals surface area contributed by atoms with Gasteiger partial charge in [0.05, 0.1) is 0 Å². The number of rotatable bonds is 4. The monoisotopic (exact) mass is 279 g/mol. The van der Waals surface area contributed by atoms with Gasteiger partial charge < -0.3 is 4.98 Å². The van der Waals surface area contributed by atoms with Crippen molar-refractivity contribution in [3.63, 3.8) is 0 Å². The van der Waals surface area contributed by atoms with E-state index in [0.29, 0.717) is 0 Å². The van der Waals surface area contributed by atoms with Gasteiger partial charge in [0.15, 0.2) is 0 Å². The van der Waals surface area contributed by atoms with Crippen LogP contribution in [0.4, 0.5) is 0 Å². The van der Waals surface area contributed by atoms with Crippen LogP contribution in [-0.2, 0) is 16.6 Å². The van der Waals surface area contributed by atoms with E-state index in [1.807, 2.05) is 0 Å². The molecule has 6 nitrogen and oxygen atoms in total. The Morgan fingerprint density at radius 3 is 2.58 bits per heavy atom. The minimum atomic E-state index is -3.80. The van der Waals surface area contributed by atoms with Crippen molar-refractivity contribution in [2.24, 2.45) is 0 Å². The van der Waals surface area contributed by atoms with Crippen molar-refractivity contribution in [1.82, 2.24) is 14.3 Å². The van der Waals surface area contributed by atoms with E-state index in [1.54, 1.807) is 24.5 Å². The van der Waals surface area contributed by atoms with Crippen LogP contribution in [0, 0.1) is 0 Å². The molecule has 0 fully saturated rings. The predicted molar refractivity (Wildman–Crippen MR) is 70.0 cm³/mol. The molecule has 0 aliphatic rings. The van der Waals surface area contributed by atoms with Gasteiger partial charge in [0.2, 0.25) is 15.5 Å². The number of aromatic amines is 1. The Morgan fingerprint density at radius 1 is 1.26 bits per heavy atom. The maximum atomic E-state index is 12.2. The Kier molecular flexibility index (Phi) is 3.77. The normalized spacial score (nSPS) is 11.7. The molecule has 1 N–H and O–H groups in total. The zero-order valence-corrected chi connectivity index (χ0v) is 11.1. The molecular formula is C12H13N3O3S. The first-order chi connectivity index (χ1) is 9.01. The van der Waals surface area contributed by atoms with Crippen molar-refractivity contribution in [1.29, 1.82) is 0 Å². The summed E-state index contributed by atoms with van der Waals surface area (Å²) in [5.41, 5.74) is 0.272. The van der Waals surface area contributed by atoms with Crippen LogP contribution in [0.15, 0.2) is 52.7 Å². The third-order valence-electron chi connectivity index (χ3n) is 2.63. The molecule has 0 spiro atoms. The average Bonchev–Trinajstić information content (AvgIpc) is 2.40. The van der Waals surface area contributed by atoms with Crippen molar-refractivity contribution < 1.29 is 8.42 Å². The summed E-state index contributed by atoms with van der Waals surface area (Å²) < 4.78 is 25.6. The van der Waals surface area contributed by atoms with Gasteiger partial charge in [-0.3, -0.25) is 9.78 Å². The Bertz CT molecular complexity index is 710. The SMILES string of the molecule is CN(Cc1ccncc1)S(=O)(=O)c1c[nH]ccc1=O. The van der Waals surface area contributed by atoms with Gasteiger partial charge in [-0.05, 0) is 17.7 Å². The van der Waals surface area contributed by atoms with E-state index in [0.717, 1.165) is 9.87 Å².